The molecule has 26 heavy (non-hydrogen) atoms. The van der Waals surface area contributed by atoms with Gasteiger partial charge in [-0.15, -0.1) is 10.2 Å². The maximum Gasteiger partial charge on any atom is 0.332 e. The molecule has 0 amide bonds. The molecule has 0 unspecified atom stereocenters. The molecule has 0 radical (unpaired) electrons. The van der Waals surface area contributed by atoms with Crippen molar-refractivity contribution in [3.05, 3.63) is 32.7 Å². The zero-order valence-electron chi connectivity index (χ0n) is 15.6. The van der Waals surface area contributed by atoms with E-state index in [9.17, 15) is 14.4 Å². The van der Waals surface area contributed by atoms with Crippen molar-refractivity contribution in [3.8, 4) is 0 Å². The number of aromatic nitrogens is 5. The minimum absolute atomic E-state index is 0.0231. The number of hydrogen-bond donors (Lipinski definition) is 1. The summed E-state index contributed by atoms with van der Waals surface area (Å²) < 4.78 is 4.03. The lowest BCUT2D eigenvalue weighted by atomic mass is 10.2. The maximum atomic E-state index is 12.7. The summed E-state index contributed by atoms with van der Waals surface area (Å²) >= 11 is 1.18. The van der Waals surface area contributed by atoms with Crippen LogP contribution in [0, 0.1) is 5.92 Å². The van der Waals surface area contributed by atoms with Gasteiger partial charge in [0.15, 0.2) is 10.9 Å². The lowest BCUT2D eigenvalue weighted by Gasteiger charge is -2.16. The highest BCUT2D eigenvalue weighted by molar-refractivity contribution is 7.99. The van der Waals surface area contributed by atoms with E-state index in [1.165, 1.54) is 23.4 Å². The number of nitrogen functional groups attached to an aromatic ring is 1. The number of nitrogens with zero attached hydrogens (tertiary/aromatic N) is 5. The first-order valence-electron chi connectivity index (χ1n) is 8.29. The lowest BCUT2D eigenvalue weighted by Crippen LogP contribution is -2.43. The van der Waals surface area contributed by atoms with Crippen LogP contribution in [0.25, 0.3) is 0 Å². The predicted molar refractivity (Wildman–Crippen MR) is 101 cm³/mol. The van der Waals surface area contributed by atoms with E-state index in [0.717, 1.165) is 4.57 Å². The largest absolute Gasteiger partial charge is 0.384 e. The molecule has 0 aliphatic rings. The Balaban J connectivity index is 2.37. The first-order chi connectivity index (χ1) is 12.1. The van der Waals surface area contributed by atoms with Gasteiger partial charge in [0.05, 0.1) is 5.75 Å². The Morgan fingerprint density at radius 3 is 2.50 bits per heavy atom. The van der Waals surface area contributed by atoms with Crippen LogP contribution < -0.4 is 17.0 Å². The third kappa shape index (κ3) is 3.90. The molecule has 0 fully saturated rings. The Morgan fingerprint density at radius 1 is 1.27 bits per heavy atom. The molecular formula is C16H24N6O3S. The molecule has 2 aromatic heterocycles. The molecule has 9 nitrogen and oxygen atoms in total. The van der Waals surface area contributed by atoms with Crippen molar-refractivity contribution in [2.45, 2.75) is 45.4 Å². The third-order valence-corrected chi connectivity index (χ3v) is 4.80. The second-order valence-electron chi connectivity index (χ2n) is 6.74. The number of anilines is 1. The van der Waals surface area contributed by atoms with Gasteiger partial charge in [0.2, 0.25) is 0 Å². The molecule has 2 aromatic rings. The van der Waals surface area contributed by atoms with Crippen LogP contribution in [0.15, 0.2) is 21.1 Å². The molecule has 0 saturated heterocycles. The number of thioether (sulfide) groups is 1. The second kappa shape index (κ2) is 7.90. The van der Waals surface area contributed by atoms with E-state index in [2.05, 4.69) is 10.2 Å². The molecule has 0 saturated carbocycles. The summed E-state index contributed by atoms with van der Waals surface area (Å²) in [4.78, 5) is 37.4. The Labute approximate surface area is 155 Å². The van der Waals surface area contributed by atoms with Gasteiger partial charge in [-0.05, 0) is 19.8 Å². The minimum atomic E-state index is -0.677. The van der Waals surface area contributed by atoms with E-state index < -0.39 is 17.0 Å². The molecule has 0 aromatic carbocycles. The number of Topliss-reactive ketones (excluding diaryl/α,β-unsaturated/α-hetero) is 1. The number of hydrogen-bond acceptors (Lipinski definition) is 7. The molecule has 2 rings (SSSR count). The molecule has 142 valence electrons. The fourth-order valence-electron chi connectivity index (χ4n) is 2.48. The summed E-state index contributed by atoms with van der Waals surface area (Å²) in [6, 6.07) is 0.147. The summed E-state index contributed by atoms with van der Waals surface area (Å²) in [6.07, 6.45) is 1.59. The fourth-order valence-corrected chi connectivity index (χ4v) is 3.40. The number of carbonyl (C=O) groups is 1. The smallest absolute Gasteiger partial charge is 0.332 e. The molecule has 10 heteroatoms. The van der Waals surface area contributed by atoms with Crippen LogP contribution in [-0.2, 0) is 13.6 Å². The van der Waals surface area contributed by atoms with Gasteiger partial charge in [-0.2, -0.15) is 0 Å². The van der Waals surface area contributed by atoms with Crippen LogP contribution in [0.3, 0.4) is 0 Å². The Kier molecular flexibility index (Phi) is 6.06. The number of ketones is 1. The zero-order chi connectivity index (χ0) is 19.6. The Morgan fingerprint density at radius 2 is 1.92 bits per heavy atom. The normalized spacial score (nSPS) is 11.5. The first kappa shape index (κ1) is 20.0. The quantitative estimate of drug-likeness (QED) is 0.561. The van der Waals surface area contributed by atoms with Crippen molar-refractivity contribution >= 4 is 23.4 Å². The van der Waals surface area contributed by atoms with E-state index in [1.807, 2.05) is 32.3 Å². The van der Waals surface area contributed by atoms with Crippen molar-refractivity contribution in [2.24, 2.45) is 13.0 Å². The average molecular weight is 380 g/mol. The maximum absolute atomic E-state index is 12.7. The molecular weight excluding hydrogens is 356 g/mol. The van der Waals surface area contributed by atoms with E-state index in [4.69, 9.17) is 5.73 Å². The van der Waals surface area contributed by atoms with Crippen LogP contribution in [0.4, 0.5) is 5.82 Å². The average Bonchev–Trinajstić information content (AvgIpc) is 3.04. The first-order valence-corrected chi connectivity index (χ1v) is 9.28. The Hall–Kier alpha value is -2.36. The van der Waals surface area contributed by atoms with Crippen molar-refractivity contribution in [1.82, 2.24) is 23.9 Å². The van der Waals surface area contributed by atoms with Crippen LogP contribution in [0.1, 0.15) is 44.1 Å². The number of nitrogens with two attached hydrogens (primary N) is 1. The van der Waals surface area contributed by atoms with E-state index in [0.29, 0.717) is 11.7 Å². The molecule has 0 aliphatic heterocycles. The molecule has 0 aliphatic carbocycles. The van der Waals surface area contributed by atoms with Crippen molar-refractivity contribution in [3.63, 3.8) is 0 Å². The lowest BCUT2D eigenvalue weighted by molar-refractivity contribution is 0.102. The van der Waals surface area contributed by atoms with Gasteiger partial charge in [0.1, 0.15) is 17.7 Å². The van der Waals surface area contributed by atoms with Gasteiger partial charge in [-0.3, -0.25) is 18.7 Å². The van der Waals surface area contributed by atoms with Gasteiger partial charge in [-0.25, -0.2) is 4.79 Å². The molecule has 0 atom stereocenters. The van der Waals surface area contributed by atoms with Crippen LogP contribution in [0.2, 0.25) is 0 Å². The number of rotatable bonds is 7. The predicted octanol–water partition coefficient (Wildman–Crippen LogP) is 0.933. The summed E-state index contributed by atoms with van der Waals surface area (Å²) in [7, 11) is 1.35. The summed E-state index contributed by atoms with van der Waals surface area (Å²) in [6.45, 7) is 8.13. The van der Waals surface area contributed by atoms with Gasteiger partial charge in [0.25, 0.3) is 5.56 Å². The van der Waals surface area contributed by atoms with Crippen LogP contribution in [-0.4, -0.2) is 35.4 Å². The molecule has 0 bridgehead atoms. The number of carbonyl (C=O) groups excluding carboxylic acids is 1. The standard InChI is InChI=1S/C16H24N6O3S/c1-9(2)6-21-13(17)12(14(24)20(5)16(21)25)11(23)7-26-15-19-18-8-22(15)10(3)4/h8-10H,6-7,17H2,1-5H3. The van der Waals surface area contributed by atoms with Crippen molar-refractivity contribution in [2.75, 3.05) is 11.5 Å². The van der Waals surface area contributed by atoms with Gasteiger partial charge in [0, 0.05) is 19.6 Å². The monoisotopic (exact) mass is 380 g/mol. The SMILES string of the molecule is CC(C)Cn1c(N)c(C(=O)CSc2nncn2C(C)C)c(=O)n(C)c1=O. The summed E-state index contributed by atoms with van der Waals surface area (Å²) in [5, 5.41) is 8.42. The zero-order valence-corrected chi connectivity index (χ0v) is 16.4. The van der Waals surface area contributed by atoms with Crippen molar-refractivity contribution < 1.29 is 4.79 Å². The second-order valence-corrected chi connectivity index (χ2v) is 7.68. The van der Waals surface area contributed by atoms with Crippen molar-refractivity contribution in [1.29, 1.82) is 0 Å². The third-order valence-electron chi connectivity index (χ3n) is 3.84. The van der Waals surface area contributed by atoms with Gasteiger partial charge >= 0.3 is 5.69 Å². The molecule has 2 heterocycles. The summed E-state index contributed by atoms with van der Waals surface area (Å²) in [5.41, 5.74) is 4.66. The molecule has 2 N–H and O–H groups in total. The van der Waals surface area contributed by atoms with Crippen LogP contribution >= 0.6 is 11.8 Å². The highest BCUT2D eigenvalue weighted by Crippen LogP contribution is 2.20. The van der Waals surface area contributed by atoms with Gasteiger partial charge in [-0.1, -0.05) is 25.6 Å². The van der Waals surface area contributed by atoms with E-state index in [-0.39, 0.29) is 29.1 Å². The van der Waals surface area contributed by atoms with Crippen LogP contribution in [0.5, 0.6) is 0 Å². The topological polar surface area (TPSA) is 118 Å². The van der Waals surface area contributed by atoms with E-state index >= 15 is 0 Å². The highest BCUT2D eigenvalue weighted by Gasteiger charge is 2.22. The summed E-state index contributed by atoms with van der Waals surface area (Å²) in [5.74, 6) is -0.411. The highest BCUT2D eigenvalue weighted by atomic mass is 32.2. The fraction of sp³-hybridized carbons (Fsp3) is 0.562. The van der Waals surface area contributed by atoms with Gasteiger partial charge < -0.3 is 10.3 Å². The van der Waals surface area contributed by atoms with E-state index in [1.54, 1.807) is 6.33 Å². The Bertz CT molecular complexity index is 925. The molecule has 0 spiro atoms. The minimum Gasteiger partial charge on any atom is -0.384 e.